The summed E-state index contributed by atoms with van der Waals surface area (Å²) in [5, 5.41) is 10.3. The third-order valence-electron chi connectivity index (χ3n) is 8.36. The van der Waals surface area contributed by atoms with Crippen LogP contribution in [0.2, 0.25) is 5.02 Å². The van der Waals surface area contributed by atoms with Gasteiger partial charge in [0.15, 0.2) is 5.82 Å². The summed E-state index contributed by atoms with van der Waals surface area (Å²) in [5.41, 5.74) is 5.19. The first-order chi connectivity index (χ1) is 17.0. The van der Waals surface area contributed by atoms with Crippen molar-refractivity contribution in [3.05, 3.63) is 63.8 Å². The van der Waals surface area contributed by atoms with E-state index in [2.05, 4.69) is 52.5 Å². The molecule has 3 aliphatic heterocycles. The molecule has 0 unspecified atom stereocenters. The van der Waals surface area contributed by atoms with Gasteiger partial charge in [0.2, 0.25) is 0 Å². The van der Waals surface area contributed by atoms with Crippen LogP contribution in [0.3, 0.4) is 0 Å². The molecule has 8 heteroatoms. The number of anilines is 1. The van der Waals surface area contributed by atoms with Gasteiger partial charge in [0.05, 0.1) is 18.8 Å². The molecule has 35 heavy (non-hydrogen) atoms. The standard InChI is InChI=1S/C27H31ClN6O/c1-17-7-18(2)29-24(8-17)33-15-27(16-33)10-20(11-27)26-31-30-25-13-32(22-5-6-35-14-22)12-19-9-21(28)3-4-23(19)34(25)26/h3-4,7-9,20,22H,5-6,10-16H2,1-2H3/t22-/m0/s1. The van der Waals surface area contributed by atoms with E-state index >= 15 is 0 Å². The molecule has 3 aromatic rings. The van der Waals surface area contributed by atoms with Gasteiger partial charge in [-0.15, -0.1) is 10.2 Å². The van der Waals surface area contributed by atoms with Gasteiger partial charge in [-0.25, -0.2) is 4.98 Å². The molecular formula is C27H31ClN6O. The molecule has 182 valence electrons. The molecule has 3 fully saturated rings. The molecule has 1 aliphatic carbocycles. The zero-order chi connectivity index (χ0) is 23.7. The number of halogens is 1. The van der Waals surface area contributed by atoms with E-state index in [1.165, 1.54) is 16.8 Å². The number of benzene rings is 1. The molecule has 4 aliphatic rings. The normalized spacial score (nSPS) is 23.5. The van der Waals surface area contributed by atoms with Crippen molar-refractivity contribution in [1.82, 2.24) is 24.6 Å². The highest BCUT2D eigenvalue weighted by Crippen LogP contribution is 2.56. The molecule has 1 atom stereocenters. The van der Waals surface area contributed by atoms with Crippen molar-refractivity contribution in [2.24, 2.45) is 5.41 Å². The van der Waals surface area contributed by atoms with Crippen molar-refractivity contribution in [2.45, 2.75) is 58.2 Å². The smallest absolute Gasteiger partial charge is 0.151 e. The minimum Gasteiger partial charge on any atom is -0.380 e. The van der Waals surface area contributed by atoms with Crippen LogP contribution in [-0.4, -0.2) is 57.0 Å². The predicted octanol–water partition coefficient (Wildman–Crippen LogP) is 4.42. The highest BCUT2D eigenvalue weighted by molar-refractivity contribution is 6.30. The van der Waals surface area contributed by atoms with E-state index in [9.17, 15) is 0 Å². The summed E-state index contributed by atoms with van der Waals surface area (Å²) >= 11 is 6.43. The highest BCUT2D eigenvalue weighted by Gasteiger charge is 2.54. The lowest BCUT2D eigenvalue weighted by molar-refractivity contribution is 0.0581. The van der Waals surface area contributed by atoms with Crippen LogP contribution in [0.4, 0.5) is 5.82 Å². The van der Waals surface area contributed by atoms with Gasteiger partial charge in [-0.3, -0.25) is 9.47 Å². The van der Waals surface area contributed by atoms with E-state index in [0.29, 0.717) is 17.4 Å². The maximum atomic E-state index is 6.43. The van der Waals surface area contributed by atoms with Crippen molar-refractivity contribution < 1.29 is 4.74 Å². The predicted molar refractivity (Wildman–Crippen MR) is 135 cm³/mol. The van der Waals surface area contributed by atoms with Gasteiger partial charge in [0, 0.05) is 54.3 Å². The van der Waals surface area contributed by atoms with E-state index in [0.717, 1.165) is 86.8 Å². The maximum Gasteiger partial charge on any atom is 0.151 e. The second-order valence-electron chi connectivity index (χ2n) is 11.1. The minimum atomic E-state index is 0.386. The molecular weight excluding hydrogens is 460 g/mol. The average molecular weight is 491 g/mol. The highest BCUT2D eigenvalue weighted by atomic mass is 35.5. The second-order valence-corrected chi connectivity index (χ2v) is 11.5. The van der Waals surface area contributed by atoms with Crippen molar-refractivity contribution >= 4 is 17.4 Å². The van der Waals surface area contributed by atoms with Gasteiger partial charge in [-0.1, -0.05) is 11.6 Å². The first-order valence-electron chi connectivity index (χ1n) is 12.7. The molecule has 2 saturated heterocycles. The van der Waals surface area contributed by atoms with Crippen molar-refractivity contribution in [3.63, 3.8) is 0 Å². The van der Waals surface area contributed by atoms with Crippen molar-refractivity contribution in [1.29, 1.82) is 0 Å². The van der Waals surface area contributed by atoms with Gasteiger partial charge >= 0.3 is 0 Å². The molecule has 1 saturated carbocycles. The fourth-order valence-corrected chi connectivity index (χ4v) is 6.91. The number of pyridine rings is 1. The average Bonchev–Trinajstić information content (AvgIpc) is 3.39. The van der Waals surface area contributed by atoms with Gasteiger partial charge in [0.1, 0.15) is 11.6 Å². The SMILES string of the molecule is Cc1cc(C)nc(N2CC3(CC(c4nnc5n4-c4ccc(Cl)cc4CN([C@H]4CCOC4)C5)C3)C2)c1. The molecule has 2 aromatic heterocycles. The van der Waals surface area contributed by atoms with Crippen LogP contribution < -0.4 is 4.90 Å². The monoisotopic (exact) mass is 490 g/mol. The quantitative estimate of drug-likeness (QED) is 0.541. The summed E-state index contributed by atoms with van der Waals surface area (Å²) in [6.07, 6.45) is 3.39. The van der Waals surface area contributed by atoms with Crippen LogP contribution in [0.25, 0.3) is 5.69 Å². The maximum absolute atomic E-state index is 6.43. The Balaban J connectivity index is 1.14. The van der Waals surface area contributed by atoms with Gasteiger partial charge in [-0.05, 0) is 74.6 Å². The van der Waals surface area contributed by atoms with Gasteiger partial charge in [-0.2, -0.15) is 0 Å². The van der Waals surface area contributed by atoms with Gasteiger partial charge in [0.25, 0.3) is 0 Å². The lowest BCUT2D eigenvalue weighted by Crippen LogP contribution is -2.62. The Kier molecular flexibility index (Phi) is 4.99. The third-order valence-corrected chi connectivity index (χ3v) is 8.60. The van der Waals surface area contributed by atoms with Gasteiger partial charge < -0.3 is 9.64 Å². The lowest BCUT2D eigenvalue weighted by atomic mass is 9.57. The van der Waals surface area contributed by atoms with E-state index in [1.54, 1.807) is 0 Å². The first kappa shape index (κ1) is 21.8. The number of aromatic nitrogens is 4. The van der Waals surface area contributed by atoms with E-state index in [-0.39, 0.29) is 0 Å². The summed E-state index contributed by atoms with van der Waals surface area (Å²) in [5.74, 6) is 3.70. The molecule has 5 heterocycles. The number of hydrogen-bond donors (Lipinski definition) is 0. The molecule has 7 rings (SSSR count). The van der Waals surface area contributed by atoms with E-state index in [1.807, 2.05) is 6.07 Å². The molecule has 0 radical (unpaired) electrons. The minimum absolute atomic E-state index is 0.386. The molecule has 1 spiro atoms. The molecule has 0 N–H and O–H groups in total. The van der Waals surface area contributed by atoms with Crippen molar-refractivity contribution in [3.8, 4) is 5.69 Å². The number of ether oxygens (including phenoxy) is 1. The number of hydrogen-bond acceptors (Lipinski definition) is 6. The molecule has 0 amide bonds. The third kappa shape index (κ3) is 3.67. The number of fused-ring (bicyclic) bond motifs is 3. The summed E-state index contributed by atoms with van der Waals surface area (Å²) in [6, 6.07) is 11.0. The van der Waals surface area contributed by atoms with E-state index < -0.39 is 0 Å². The molecule has 0 bridgehead atoms. The summed E-state index contributed by atoms with van der Waals surface area (Å²) in [4.78, 5) is 9.68. The Labute approximate surface area is 211 Å². The Morgan fingerprint density at radius 3 is 2.69 bits per heavy atom. The Hall–Kier alpha value is -2.48. The number of aryl methyl sites for hydroxylation is 2. The van der Waals surface area contributed by atoms with Crippen LogP contribution in [0, 0.1) is 19.3 Å². The molecule has 1 aromatic carbocycles. The van der Waals surface area contributed by atoms with Crippen LogP contribution in [0.1, 0.15) is 53.7 Å². The second kappa shape index (κ2) is 8.02. The van der Waals surface area contributed by atoms with Crippen LogP contribution in [-0.2, 0) is 17.8 Å². The number of nitrogens with zero attached hydrogens (tertiary/aromatic N) is 6. The fourth-order valence-electron chi connectivity index (χ4n) is 6.72. The zero-order valence-corrected chi connectivity index (χ0v) is 21.1. The lowest BCUT2D eigenvalue weighted by Gasteiger charge is -2.59. The van der Waals surface area contributed by atoms with Crippen LogP contribution >= 0.6 is 11.6 Å². The largest absolute Gasteiger partial charge is 0.380 e. The van der Waals surface area contributed by atoms with E-state index in [4.69, 9.17) is 31.5 Å². The topological polar surface area (TPSA) is 59.3 Å². The summed E-state index contributed by atoms with van der Waals surface area (Å²) in [6.45, 7) is 9.67. The fraction of sp³-hybridized carbons (Fsp3) is 0.519. The zero-order valence-electron chi connectivity index (χ0n) is 20.4. The molecule has 7 nitrogen and oxygen atoms in total. The first-order valence-corrected chi connectivity index (χ1v) is 13.1. The van der Waals surface area contributed by atoms with Crippen LogP contribution in [0.15, 0.2) is 30.3 Å². The number of rotatable bonds is 3. The Morgan fingerprint density at radius 2 is 1.91 bits per heavy atom. The van der Waals surface area contributed by atoms with Crippen LogP contribution in [0.5, 0.6) is 0 Å². The summed E-state index contributed by atoms with van der Waals surface area (Å²) < 4.78 is 8.03. The Bertz CT molecular complexity index is 1260. The summed E-state index contributed by atoms with van der Waals surface area (Å²) in [7, 11) is 0. The van der Waals surface area contributed by atoms with Crippen molar-refractivity contribution in [2.75, 3.05) is 31.2 Å². The Morgan fingerprint density at radius 1 is 1.06 bits per heavy atom.